The summed E-state index contributed by atoms with van der Waals surface area (Å²) in [5, 5.41) is 26.7. The topological polar surface area (TPSA) is 204 Å². The summed E-state index contributed by atoms with van der Waals surface area (Å²) in [6.07, 6.45) is 6.43. The summed E-state index contributed by atoms with van der Waals surface area (Å²) < 4.78 is 5.66. The monoisotopic (exact) mass is 559 g/mol. The van der Waals surface area contributed by atoms with Crippen molar-refractivity contribution in [3.05, 3.63) is 59.3 Å². The van der Waals surface area contributed by atoms with Crippen molar-refractivity contribution >= 4 is 57.9 Å². The Balaban J connectivity index is 1.47. The number of aromatic carboxylic acids is 1. The third-order valence-corrected chi connectivity index (χ3v) is 7.25. The van der Waals surface area contributed by atoms with Crippen molar-refractivity contribution in [1.29, 1.82) is 0 Å². The van der Waals surface area contributed by atoms with Crippen molar-refractivity contribution in [1.82, 2.24) is 19.6 Å². The van der Waals surface area contributed by atoms with Crippen molar-refractivity contribution < 1.29 is 38.8 Å². The number of hydrogen-bond acceptors (Lipinski definition) is 12. The van der Waals surface area contributed by atoms with Crippen LogP contribution < -0.4 is 20.7 Å². The fourth-order valence-electron chi connectivity index (χ4n) is 3.65. The van der Waals surface area contributed by atoms with Crippen LogP contribution in [0.2, 0.25) is 0 Å². The van der Waals surface area contributed by atoms with E-state index in [-0.39, 0.29) is 40.3 Å². The van der Waals surface area contributed by atoms with Gasteiger partial charge in [0.05, 0.1) is 17.2 Å². The van der Waals surface area contributed by atoms with Crippen molar-refractivity contribution in [2.24, 2.45) is 5.16 Å². The maximum Gasteiger partial charge on any atom is 0.336 e. The Morgan fingerprint density at radius 1 is 1.39 bits per heavy atom. The van der Waals surface area contributed by atoms with Gasteiger partial charge in [-0.25, -0.2) is 9.36 Å². The SMILES string of the molecule is CCON=C(C(=O)NC1C(=O)N2C(C(=O)[O-])=C(C=CC[n+]3ccc(C(=O)O)cc3)CS[C@H]12)c1nsc(N)n1. The normalized spacial score (nSPS) is 19.2. The van der Waals surface area contributed by atoms with E-state index in [1.54, 1.807) is 36.0 Å². The van der Waals surface area contributed by atoms with Gasteiger partial charge in [0.15, 0.2) is 24.1 Å². The van der Waals surface area contributed by atoms with Gasteiger partial charge in [-0.3, -0.25) is 14.5 Å². The number of aliphatic carboxylic acids is 1. The summed E-state index contributed by atoms with van der Waals surface area (Å²) >= 11 is 2.14. The second-order valence-electron chi connectivity index (χ2n) is 7.83. The van der Waals surface area contributed by atoms with Gasteiger partial charge in [0.2, 0.25) is 11.5 Å². The summed E-state index contributed by atoms with van der Waals surface area (Å²) in [5.41, 5.74) is 5.56. The van der Waals surface area contributed by atoms with Crippen LogP contribution in [0.4, 0.5) is 5.13 Å². The van der Waals surface area contributed by atoms with E-state index in [9.17, 15) is 24.3 Å². The lowest BCUT2D eigenvalue weighted by molar-refractivity contribution is -0.687. The summed E-state index contributed by atoms with van der Waals surface area (Å²) in [6, 6.07) is 1.87. The minimum absolute atomic E-state index is 0.0587. The van der Waals surface area contributed by atoms with Crippen LogP contribution in [0.1, 0.15) is 23.1 Å². The Morgan fingerprint density at radius 2 is 2.13 bits per heavy atom. The van der Waals surface area contributed by atoms with Crippen LogP contribution in [0.3, 0.4) is 0 Å². The zero-order valence-corrected chi connectivity index (χ0v) is 21.4. The predicted molar refractivity (Wildman–Crippen MR) is 132 cm³/mol. The van der Waals surface area contributed by atoms with Crippen LogP contribution in [0.15, 0.2) is 53.1 Å². The van der Waals surface area contributed by atoms with Gasteiger partial charge >= 0.3 is 5.97 Å². The third-order valence-electron chi connectivity index (χ3n) is 5.40. The highest BCUT2D eigenvalue weighted by atomic mass is 32.2. The number of carbonyl (C=O) groups excluding carboxylic acids is 3. The van der Waals surface area contributed by atoms with E-state index in [1.807, 2.05) is 0 Å². The second-order valence-corrected chi connectivity index (χ2v) is 9.72. The summed E-state index contributed by atoms with van der Waals surface area (Å²) in [6.45, 7) is 2.18. The molecule has 2 amide bonds. The Labute approximate surface area is 223 Å². The molecule has 14 nitrogen and oxygen atoms in total. The number of hydrogen-bond donors (Lipinski definition) is 3. The number of pyridine rings is 1. The van der Waals surface area contributed by atoms with Gasteiger partial charge in [0.25, 0.3) is 11.8 Å². The Hall–Kier alpha value is -4.31. The van der Waals surface area contributed by atoms with Gasteiger partial charge in [-0.05, 0) is 18.6 Å². The van der Waals surface area contributed by atoms with Crippen LogP contribution in [0, 0.1) is 0 Å². The first-order valence-electron chi connectivity index (χ1n) is 11.1. The smallest absolute Gasteiger partial charge is 0.336 e. The fraction of sp³-hybridized carbons (Fsp3) is 0.273. The molecule has 16 heteroatoms. The Kier molecular flexibility index (Phi) is 8.02. The molecule has 0 aliphatic carbocycles. The Bertz CT molecular complexity index is 1370. The number of fused-ring (bicyclic) bond motifs is 1. The maximum absolute atomic E-state index is 12.9. The molecule has 1 unspecified atom stereocenters. The molecule has 0 radical (unpaired) electrons. The zero-order valence-electron chi connectivity index (χ0n) is 19.8. The number of nitrogens with two attached hydrogens (primary N) is 1. The number of carboxylic acids is 2. The van der Waals surface area contributed by atoms with Crippen LogP contribution in [-0.2, 0) is 25.8 Å². The van der Waals surface area contributed by atoms with Crippen LogP contribution in [0.5, 0.6) is 0 Å². The number of anilines is 1. The van der Waals surface area contributed by atoms with E-state index in [4.69, 9.17) is 15.7 Å². The average molecular weight is 560 g/mol. The number of thioether (sulfide) groups is 1. The highest BCUT2D eigenvalue weighted by Crippen LogP contribution is 2.40. The largest absolute Gasteiger partial charge is 0.543 e. The van der Waals surface area contributed by atoms with Crippen LogP contribution >= 0.6 is 23.3 Å². The lowest BCUT2D eigenvalue weighted by atomic mass is 10.0. The van der Waals surface area contributed by atoms with Crippen LogP contribution in [-0.4, -0.2) is 72.6 Å². The van der Waals surface area contributed by atoms with Crippen molar-refractivity contribution in [3.8, 4) is 0 Å². The quantitative estimate of drug-likeness (QED) is 0.132. The molecule has 4 rings (SSSR count). The van der Waals surface area contributed by atoms with Gasteiger partial charge in [0.1, 0.15) is 18.0 Å². The molecule has 2 aromatic rings. The minimum Gasteiger partial charge on any atom is -0.543 e. The molecule has 38 heavy (non-hydrogen) atoms. The van der Waals surface area contributed by atoms with Gasteiger partial charge < -0.3 is 30.9 Å². The second kappa shape index (κ2) is 11.4. The number of oxime groups is 1. The number of nitrogens with zero attached hydrogens (tertiary/aromatic N) is 5. The molecule has 2 aliphatic heterocycles. The zero-order chi connectivity index (χ0) is 27.4. The molecule has 0 spiro atoms. The summed E-state index contributed by atoms with van der Waals surface area (Å²) in [4.78, 5) is 58.7. The number of β-lactam (4-membered cyclic amide) rings is 1. The van der Waals surface area contributed by atoms with Gasteiger partial charge in [-0.2, -0.15) is 9.36 Å². The molecule has 2 aromatic heterocycles. The summed E-state index contributed by atoms with van der Waals surface area (Å²) in [7, 11) is 0. The average Bonchev–Trinajstić information content (AvgIpc) is 3.32. The number of carboxylic acid groups (broad SMARTS) is 2. The van der Waals surface area contributed by atoms with Gasteiger partial charge in [0, 0.05) is 29.4 Å². The molecular weight excluding hydrogens is 538 g/mol. The molecule has 4 heterocycles. The minimum atomic E-state index is -1.52. The maximum atomic E-state index is 12.9. The van der Waals surface area contributed by atoms with Crippen molar-refractivity contribution in [2.75, 3.05) is 18.1 Å². The number of aromatic nitrogens is 3. The standard InChI is InChI=1S/C22H21N7O7S2/c1-2-36-26-13(16-25-22(23)38-27-16)17(30)24-14-18(31)29-15(21(34)35)12(10-37-19(14)29)4-3-7-28-8-5-11(6-9-28)20(32)33/h3-6,8-9,14,19H,2,7,10H2,1H3,(H4-,23,24,25,27,30,32,33,34,35)/t14?,19-/m1/s1. The van der Waals surface area contributed by atoms with Crippen molar-refractivity contribution in [2.45, 2.75) is 24.9 Å². The van der Waals surface area contributed by atoms with E-state index in [1.165, 1.54) is 23.9 Å². The highest BCUT2D eigenvalue weighted by Gasteiger charge is 2.53. The van der Waals surface area contributed by atoms with Gasteiger partial charge in [-0.1, -0.05) is 11.2 Å². The molecule has 2 atom stereocenters. The first-order chi connectivity index (χ1) is 18.2. The molecule has 1 saturated heterocycles. The lowest BCUT2D eigenvalue weighted by Gasteiger charge is -2.50. The Morgan fingerprint density at radius 3 is 2.74 bits per heavy atom. The van der Waals surface area contributed by atoms with E-state index < -0.39 is 35.2 Å². The predicted octanol–water partition coefficient (Wildman–Crippen LogP) is -1.49. The third kappa shape index (κ3) is 5.50. The molecular formula is C22H21N7O7S2. The highest BCUT2D eigenvalue weighted by molar-refractivity contribution is 8.00. The number of nitrogen functional groups attached to an aromatic ring is 1. The van der Waals surface area contributed by atoms with E-state index >= 15 is 0 Å². The van der Waals surface area contributed by atoms with Gasteiger partial charge in [-0.15, -0.1) is 11.8 Å². The molecule has 0 aromatic carbocycles. The van der Waals surface area contributed by atoms with Crippen LogP contribution in [0.25, 0.3) is 0 Å². The first kappa shape index (κ1) is 26.7. The number of rotatable bonds is 10. The molecule has 0 bridgehead atoms. The van der Waals surface area contributed by atoms with E-state index in [2.05, 4.69) is 19.8 Å². The number of nitrogens with one attached hydrogen (secondary N) is 1. The molecule has 2 aliphatic rings. The summed E-state index contributed by atoms with van der Waals surface area (Å²) in [5.74, 6) is -3.77. The number of amides is 2. The fourth-order valence-corrected chi connectivity index (χ4v) is 5.41. The first-order valence-corrected chi connectivity index (χ1v) is 12.9. The van der Waals surface area contributed by atoms with E-state index in [0.717, 1.165) is 16.4 Å². The number of carbonyl (C=O) groups is 4. The van der Waals surface area contributed by atoms with E-state index in [0.29, 0.717) is 12.1 Å². The lowest BCUT2D eigenvalue weighted by Crippen LogP contribution is -2.71. The molecule has 198 valence electrons. The molecule has 0 saturated carbocycles. The molecule has 4 N–H and O–H groups in total. The molecule has 1 fully saturated rings. The number of allylic oxidation sites excluding steroid dienone is 2. The van der Waals surface area contributed by atoms with Crippen molar-refractivity contribution in [3.63, 3.8) is 0 Å².